The lowest BCUT2D eigenvalue weighted by molar-refractivity contribution is -0.385. The fourth-order valence-corrected chi connectivity index (χ4v) is 2.93. The highest BCUT2D eigenvalue weighted by atomic mass is 35.5. The second kappa shape index (κ2) is 5.39. The summed E-state index contributed by atoms with van der Waals surface area (Å²) in [4.78, 5) is 23.4. The van der Waals surface area contributed by atoms with Crippen molar-refractivity contribution in [3.63, 3.8) is 0 Å². The van der Waals surface area contributed by atoms with Crippen LogP contribution in [0.25, 0.3) is 6.08 Å². The minimum atomic E-state index is -0.746. The van der Waals surface area contributed by atoms with Crippen LogP contribution in [0.2, 0.25) is 5.02 Å². The van der Waals surface area contributed by atoms with Gasteiger partial charge in [0.2, 0.25) is 5.75 Å². The van der Waals surface area contributed by atoms with Crippen LogP contribution in [0.4, 0.5) is 5.69 Å². The third kappa shape index (κ3) is 2.62. The van der Waals surface area contributed by atoms with Gasteiger partial charge in [-0.1, -0.05) is 35.6 Å². The van der Waals surface area contributed by atoms with Crippen LogP contribution < -0.4 is 0 Å². The van der Waals surface area contributed by atoms with E-state index in [2.05, 4.69) is 0 Å². The number of rotatable bonds is 2. The molecule has 1 heterocycles. The average Bonchev–Trinajstić information content (AvgIpc) is 2.61. The number of amides is 1. The molecule has 1 aliphatic heterocycles. The molecular weight excluding hydrogens is 324 g/mol. The number of nitro groups is 1. The van der Waals surface area contributed by atoms with E-state index in [1.165, 1.54) is 24.1 Å². The van der Waals surface area contributed by atoms with E-state index in [1.54, 1.807) is 0 Å². The van der Waals surface area contributed by atoms with E-state index >= 15 is 0 Å². The van der Waals surface area contributed by atoms with E-state index < -0.39 is 16.4 Å². The third-order valence-corrected chi connectivity index (χ3v) is 4.26. The van der Waals surface area contributed by atoms with E-state index in [0.717, 1.165) is 17.8 Å². The van der Waals surface area contributed by atoms with Gasteiger partial charge in [-0.2, -0.15) is 0 Å². The number of nitro benzene ring substituents is 1. The number of benzene rings is 1. The Morgan fingerprint density at radius 2 is 2.20 bits per heavy atom. The maximum Gasteiger partial charge on any atom is 0.312 e. The molecule has 1 amide bonds. The lowest BCUT2D eigenvalue weighted by atomic mass is 10.1. The zero-order valence-corrected chi connectivity index (χ0v) is 12.4. The summed E-state index contributed by atoms with van der Waals surface area (Å²) in [5.74, 6) is -0.872. The summed E-state index contributed by atoms with van der Waals surface area (Å²) in [7, 11) is 1.53. The predicted molar refractivity (Wildman–Crippen MR) is 80.7 cm³/mol. The summed E-state index contributed by atoms with van der Waals surface area (Å²) >= 11 is 11.8. The topological polar surface area (TPSA) is 83.7 Å². The molecule has 1 aliphatic rings. The van der Waals surface area contributed by atoms with Gasteiger partial charge in [0.25, 0.3) is 5.91 Å². The Kier molecular flexibility index (Phi) is 3.98. The molecule has 2 rings (SSSR count). The normalized spacial score (nSPS) is 17.1. The number of hydrogen-bond donors (Lipinski definition) is 1. The second-order valence-corrected chi connectivity index (χ2v) is 5.97. The third-order valence-electron chi connectivity index (χ3n) is 2.55. The highest BCUT2D eigenvalue weighted by Gasteiger charge is 2.29. The Morgan fingerprint density at radius 3 is 2.70 bits per heavy atom. The van der Waals surface area contributed by atoms with Crippen molar-refractivity contribution >= 4 is 57.6 Å². The van der Waals surface area contributed by atoms with Gasteiger partial charge in [0.05, 0.1) is 9.83 Å². The number of hydrogen-bond acceptors (Lipinski definition) is 6. The van der Waals surface area contributed by atoms with Crippen molar-refractivity contribution in [3.05, 3.63) is 37.7 Å². The van der Waals surface area contributed by atoms with Crippen LogP contribution in [0.1, 0.15) is 5.56 Å². The van der Waals surface area contributed by atoms with Crippen LogP contribution >= 0.6 is 35.6 Å². The van der Waals surface area contributed by atoms with Gasteiger partial charge in [-0.15, -0.1) is 0 Å². The van der Waals surface area contributed by atoms with Crippen molar-refractivity contribution in [2.24, 2.45) is 0 Å². The minimum Gasteiger partial charge on any atom is -0.502 e. The monoisotopic (exact) mass is 330 g/mol. The standard InChI is InChI=1S/C11H7ClN2O4S2/c1-13-10(16)8(20-11(13)19)3-5-2-6(12)4-7(9(5)15)14(17)18/h2-4,15H,1H3/b8-3+. The number of nitrogens with zero attached hydrogens (tertiary/aromatic N) is 2. The Balaban J connectivity index is 2.52. The first-order valence-electron chi connectivity index (χ1n) is 5.19. The van der Waals surface area contributed by atoms with Crippen molar-refractivity contribution in [3.8, 4) is 5.75 Å². The molecule has 1 N–H and O–H groups in total. The van der Waals surface area contributed by atoms with Crippen LogP contribution in [-0.4, -0.2) is 32.2 Å². The van der Waals surface area contributed by atoms with E-state index in [0.29, 0.717) is 4.32 Å². The van der Waals surface area contributed by atoms with Crippen molar-refractivity contribution in [1.82, 2.24) is 4.90 Å². The van der Waals surface area contributed by atoms with Crippen molar-refractivity contribution in [1.29, 1.82) is 0 Å². The molecule has 0 unspecified atom stereocenters. The zero-order chi connectivity index (χ0) is 15.0. The molecule has 1 saturated heterocycles. The molecule has 1 fully saturated rings. The maximum absolute atomic E-state index is 11.8. The molecule has 6 nitrogen and oxygen atoms in total. The average molecular weight is 331 g/mol. The summed E-state index contributed by atoms with van der Waals surface area (Å²) in [6, 6.07) is 2.38. The van der Waals surface area contributed by atoms with Gasteiger partial charge in [-0.25, -0.2) is 0 Å². The number of phenolic OH excluding ortho intramolecular Hbond substituents is 1. The van der Waals surface area contributed by atoms with E-state index in [1.807, 2.05) is 0 Å². The largest absolute Gasteiger partial charge is 0.502 e. The molecule has 104 valence electrons. The lowest BCUT2D eigenvalue weighted by Gasteiger charge is -2.04. The van der Waals surface area contributed by atoms with Gasteiger partial charge in [0.15, 0.2) is 0 Å². The predicted octanol–water partition coefficient (Wildman–Crippen LogP) is 2.78. The van der Waals surface area contributed by atoms with Crippen LogP contribution in [0.15, 0.2) is 17.0 Å². The van der Waals surface area contributed by atoms with E-state index in [-0.39, 0.29) is 21.4 Å². The molecule has 9 heteroatoms. The first-order chi connectivity index (χ1) is 9.31. The number of carbonyl (C=O) groups is 1. The fourth-order valence-electron chi connectivity index (χ4n) is 1.54. The number of likely N-dealkylation sites (N-methyl/N-ethyl adjacent to an activating group) is 1. The SMILES string of the molecule is CN1C(=O)/C(=C\c2cc(Cl)cc([N+](=O)[O-])c2O)SC1=S. The second-order valence-electron chi connectivity index (χ2n) is 3.86. The fraction of sp³-hybridized carbons (Fsp3) is 0.0909. The van der Waals surface area contributed by atoms with Crippen molar-refractivity contribution < 1.29 is 14.8 Å². The van der Waals surface area contributed by atoms with Crippen LogP contribution in [0.3, 0.4) is 0 Å². The van der Waals surface area contributed by atoms with Crippen molar-refractivity contribution in [2.75, 3.05) is 7.05 Å². The summed E-state index contributed by atoms with van der Waals surface area (Å²) in [5, 5.41) is 20.7. The minimum absolute atomic E-state index is 0.0905. The highest BCUT2D eigenvalue weighted by Crippen LogP contribution is 2.37. The summed E-state index contributed by atoms with van der Waals surface area (Å²) in [5.41, 5.74) is -0.422. The Morgan fingerprint density at radius 1 is 1.55 bits per heavy atom. The Hall–Kier alpha value is -1.64. The molecule has 0 radical (unpaired) electrons. The molecule has 0 atom stereocenters. The van der Waals surface area contributed by atoms with E-state index in [9.17, 15) is 20.0 Å². The molecule has 0 bridgehead atoms. The van der Waals surface area contributed by atoms with Gasteiger partial charge in [-0.3, -0.25) is 19.8 Å². The smallest absolute Gasteiger partial charge is 0.312 e. The molecule has 0 saturated carbocycles. The number of carbonyl (C=O) groups excluding carboxylic acids is 1. The maximum atomic E-state index is 11.8. The Bertz CT molecular complexity index is 675. The molecule has 0 aliphatic carbocycles. The highest BCUT2D eigenvalue weighted by molar-refractivity contribution is 8.26. The molecule has 20 heavy (non-hydrogen) atoms. The summed E-state index contributed by atoms with van der Waals surface area (Å²) in [6.07, 6.45) is 1.33. The quantitative estimate of drug-likeness (QED) is 0.388. The van der Waals surface area contributed by atoms with Crippen molar-refractivity contribution in [2.45, 2.75) is 0 Å². The number of phenols is 1. The molecule has 0 spiro atoms. The number of thiocarbonyl (C=S) groups is 1. The van der Waals surface area contributed by atoms with Gasteiger partial charge < -0.3 is 5.11 Å². The van der Waals surface area contributed by atoms with E-state index in [4.69, 9.17) is 23.8 Å². The van der Waals surface area contributed by atoms with Gasteiger partial charge in [0, 0.05) is 23.7 Å². The van der Waals surface area contributed by atoms with Gasteiger partial charge in [0.1, 0.15) is 4.32 Å². The van der Waals surface area contributed by atoms with Gasteiger partial charge >= 0.3 is 5.69 Å². The lowest BCUT2D eigenvalue weighted by Crippen LogP contribution is -2.22. The van der Waals surface area contributed by atoms with Crippen LogP contribution in [0, 0.1) is 10.1 Å². The zero-order valence-electron chi connectivity index (χ0n) is 9.99. The first-order valence-corrected chi connectivity index (χ1v) is 6.80. The Labute approximate surface area is 128 Å². The van der Waals surface area contributed by atoms with Crippen LogP contribution in [-0.2, 0) is 4.79 Å². The van der Waals surface area contributed by atoms with Gasteiger partial charge in [-0.05, 0) is 12.1 Å². The summed E-state index contributed by atoms with van der Waals surface area (Å²) in [6.45, 7) is 0. The number of thioether (sulfide) groups is 1. The van der Waals surface area contributed by atoms with Crippen LogP contribution in [0.5, 0.6) is 5.75 Å². The number of halogens is 1. The molecular formula is C11H7ClN2O4S2. The molecule has 0 aromatic heterocycles. The molecule has 1 aromatic carbocycles. The summed E-state index contributed by atoms with van der Waals surface area (Å²) < 4.78 is 0.372. The first kappa shape index (κ1) is 14.8. The number of aromatic hydroxyl groups is 1. The molecule has 1 aromatic rings.